The minimum absolute atomic E-state index is 0.108. The monoisotopic (exact) mass is 290 g/mol. The van der Waals surface area contributed by atoms with E-state index in [2.05, 4.69) is 29.4 Å². The fourth-order valence-electron chi connectivity index (χ4n) is 1.79. The molecule has 0 atom stereocenters. The summed E-state index contributed by atoms with van der Waals surface area (Å²) in [5.41, 5.74) is 7.23. The van der Waals surface area contributed by atoms with Crippen molar-refractivity contribution >= 4 is 28.1 Å². The Morgan fingerprint density at radius 1 is 1.40 bits per heavy atom. The number of rotatable bonds is 5. The summed E-state index contributed by atoms with van der Waals surface area (Å²) in [6.45, 7) is 4.25. The van der Waals surface area contributed by atoms with Crippen LogP contribution in [-0.2, 0) is 17.6 Å². The van der Waals surface area contributed by atoms with E-state index >= 15 is 0 Å². The van der Waals surface area contributed by atoms with Crippen LogP contribution in [0.15, 0.2) is 24.3 Å². The molecule has 0 aliphatic carbocycles. The zero-order valence-electron chi connectivity index (χ0n) is 11.6. The third-order valence-electron chi connectivity index (χ3n) is 2.61. The van der Waals surface area contributed by atoms with E-state index in [0.717, 1.165) is 17.0 Å². The maximum Gasteiger partial charge on any atom is 0.230 e. The molecule has 0 spiro atoms. The number of nitrogens with two attached hydrogens (primary N) is 1. The molecule has 0 radical (unpaired) electrons. The second kappa shape index (κ2) is 6.47. The van der Waals surface area contributed by atoms with Gasteiger partial charge in [-0.25, -0.2) is 0 Å². The quantitative estimate of drug-likeness (QED) is 0.829. The highest BCUT2D eigenvalue weighted by Crippen LogP contribution is 2.18. The van der Waals surface area contributed by atoms with Crippen LogP contribution >= 0.6 is 11.3 Å². The molecule has 0 unspecified atom stereocenters. The Hall–Kier alpha value is -1.95. The van der Waals surface area contributed by atoms with Gasteiger partial charge in [0.15, 0.2) is 0 Å². The van der Waals surface area contributed by atoms with E-state index in [4.69, 9.17) is 5.73 Å². The molecular formula is C14H18N4OS. The van der Waals surface area contributed by atoms with Crippen LogP contribution in [0, 0.1) is 5.92 Å². The number of hydrogen-bond donors (Lipinski definition) is 2. The van der Waals surface area contributed by atoms with Gasteiger partial charge in [0, 0.05) is 12.1 Å². The van der Waals surface area contributed by atoms with Gasteiger partial charge in [-0.05, 0) is 23.6 Å². The van der Waals surface area contributed by atoms with Crippen LogP contribution in [0.1, 0.15) is 24.4 Å². The molecule has 0 saturated carbocycles. The van der Waals surface area contributed by atoms with Gasteiger partial charge in [0.1, 0.15) is 5.01 Å². The standard InChI is InChI=1S/C14H18N4OS/c1-9(2)6-13-17-18-14(20-13)16-12(19)8-10-4-3-5-11(15)7-10/h3-5,7,9H,6,8,15H2,1-2H3,(H,16,18,19). The molecule has 1 amide bonds. The average molecular weight is 290 g/mol. The highest BCUT2D eigenvalue weighted by molar-refractivity contribution is 7.15. The zero-order chi connectivity index (χ0) is 14.5. The normalized spacial score (nSPS) is 10.8. The number of carbonyl (C=O) groups is 1. The lowest BCUT2D eigenvalue weighted by molar-refractivity contribution is -0.115. The number of nitrogens with zero attached hydrogens (tertiary/aromatic N) is 2. The first-order valence-corrected chi connectivity index (χ1v) is 7.31. The lowest BCUT2D eigenvalue weighted by Gasteiger charge is -2.02. The van der Waals surface area contributed by atoms with Gasteiger partial charge in [-0.3, -0.25) is 4.79 Å². The third-order valence-corrected chi connectivity index (χ3v) is 3.47. The van der Waals surface area contributed by atoms with Crippen molar-refractivity contribution in [2.24, 2.45) is 5.92 Å². The molecule has 6 heteroatoms. The van der Waals surface area contributed by atoms with E-state index in [1.807, 2.05) is 12.1 Å². The summed E-state index contributed by atoms with van der Waals surface area (Å²) in [4.78, 5) is 11.9. The molecule has 0 aliphatic heterocycles. The van der Waals surface area contributed by atoms with Crippen LogP contribution in [0.5, 0.6) is 0 Å². The summed E-state index contributed by atoms with van der Waals surface area (Å²) in [7, 11) is 0. The van der Waals surface area contributed by atoms with Gasteiger partial charge in [-0.1, -0.05) is 37.3 Å². The molecule has 1 heterocycles. The molecule has 20 heavy (non-hydrogen) atoms. The van der Waals surface area contributed by atoms with Crippen LogP contribution in [0.2, 0.25) is 0 Å². The molecule has 5 nitrogen and oxygen atoms in total. The Bertz CT molecular complexity index is 594. The van der Waals surface area contributed by atoms with Gasteiger partial charge in [0.2, 0.25) is 11.0 Å². The number of hydrogen-bond acceptors (Lipinski definition) is 5. The van der Waals surface area contributed by atoms with Crippen molar-refractivity contribution in [1.82, 2.24) is 10.2 Å². The van der Waals surface area contributed by atoms with Gasteiger partial charge >= 0.3 is 0 Å². The number of carbonyl (C=O) groups excluding carboxylic acids is 1. The van der Waals surface area contributed by atoms with Crippen molar-refractivity contribution in [2.75, 3.05) is 11.1 Å². The van der Waals surface area contributed by atoms with Gasteiger partial charge in [-0.15, -0.1) is 10.2 Å². The predicted octanol–water partition coefficient (Wildman–Crippen LogP) is 2.50. The Morgan fingerprint density at radius 3 is 2.90 bits per heavy atom. The zero-order valence-corrected chi connectivity index (χ0v) is 12.4. The summed E-state index contributed by atoms with van der Waals surface area (Å²) in [6.07, 6.45) is 1.16. The van der Waals surface area contributed by atoms with E-state index < -0.39 is 0 Å². The molecule has 0 aliphatic rings. The highest BCUT2D eigenvalue weighted by Gasteiger charge is 2.10. The molecule has 3 N–H and O–H groups in total. The summed E-state index contributed by atoms with van der Waals surface area (Å²) in [5.74, 6) is 0.418. The van der Waals surface area contributed by atoms with Crippen LogP contribution < -0.4 is 11.1 Å². The second-order valence-corrected chi connectivity index (χ2v) is 6.13. The molecule has 106 valence electrons. The number of amides is 1. The summed E-state index contributed by atoms with van der Waals surface area (Å²) < 4.78 is 0. The number of nitrogen functional groups attached to an aromatic ring is 1. The average Bonchev–Trinajstić information content (AvgIpc) is 2.75. The number of nitrogens with one attached hydrogen (secondary N) is 1. The summed E-state index contributed by atoms with van der Waals surface area (Å²) in [6, 6.07) is 7.30. The first-order valence-electron chi connectivity index (χ1n) is 6.49. The fourth-order valence-corrected chi connectivity index (χ4v) is 2.76. The van der Waals surface area contributed by atoms with Gasteiger partial charge < -0.3 is 11.1 Å². The van der Waals surface area contributed by atoms with Crippen molar-refractivity contribution in [3.05, 3.63) is 34.8 Å². The third kappa shape index (κ3) is 4.31. The largest absolute Gasteiger partial charge is 0.399 e. The van der Waals surface area contributed by atoms with Crippen LogP contribution in [0.3, 0.4) is 0 Å². The minimum Gasteiger partial charge on any atom is -0.399 e. The molecule has 2 rings (SSSR count). The SMILES string of the molecule is CC(C)Cc1nnc(NC(=O)Cc2cccc(N)c2)s1. The van der Waals surface area contributed by atoms with Gasteiger partial charge in [0.25, 0.3) is 0 Å². The van der Waals surface area contributed by atoms with Crippen molar-refractivity contribution in [1.29, 1.82) is 0 Å². The molecule has 2 aromatic rings. The molecule has 1 aromatic heterocycles. The Balaban J connectivity index is 1.93. The number of anilines is 2. The van der Waals surface area contributed by atoms with Crippen molar-refractivity contribution in [2.45, 2.75) is 26.7 Å². The minimum atomic E-state index is -0.108. The molecule has 1 aromatic carbocycles. The topological polar surface area (TPSA) is 80.9 Å². The molecule has 0 saturated heterocycles. The molecule has 0 fully saturated rings. The first-order chi connectivity index (χ1) is 9.52. The summed E-state index contributed by atoms with van der Waals surface area (Å²) in [5, 5.41) is 12.3. The maximum atomic E-state index is 11.9. The Labute approximate surface area is 122 Å². The van der Waals surface area contributed by atoms with Gasteiger partial charge in [-0.2, -0.15) is 0 Å². The van der Waals surface area contributed by atoms with E-state index in [-0.39, 0.29) is 12.3 Å². The van der Waals surface area contributed by atoms with Crippen molar-refractivity contribution in [3.8, 4) is 0 Å². The van der Waals surface area contributed by atoms with Crippen LogP contribution in [0.4, 0.5) is 10.8 Å². The first kappa shape index (κ1) is 14.5. The number of benzene rings is 1. The lowest BCUT2D eigenvalue weighted by atomic mass is 10.1. The van der Waals surface area contributed by atoms with Crippen molar-refractivity contribution in [3.63, 3.8) is 0 Å². The Kier molecular flexibility index (Phi) is 4.68. The predicted molar refractivity (Wildman–Crippen MR) is 81.6 cm³/mol. The van der Waals surface area contributed by atoms with E-state index in [1.54, 1.807) is 12.1 Å². The number of aromatic nitrogens is 2. The molecular weight excluding hydrogens is 272 g/mol. The Morgan fingerprint density at radius 2 is 2.20 bits per heavy atom. The van der Waals surface area contributed by atoms with Gasteiger partial charge in [0.05, 0.1) is 6.42 Å². The van der Waals surface area contributed by atoms with E-state index in [1.165, 1.54) is 11.3 Å². The second-order valence-electron chi connectivity index (χ2n) is 5.07. The van der Waals surface area contributed by atoms with E-state index in [0.29, 0.717) is 16.7 Å². The fraction of sp³-hybridized carbons (Fsp3) is 0.357. The lowest BCUT2D eigenvalue weighted by Crippen LogP contribution is -2.14. The van der Waals surface area contributed by atoms with Crippen LogP contribution in [-0.4, -0.2) is 16.1 Å². The maximum absolute atomic E-state index is 11.9. The smallest absolute Gasteiger partial charge is 0.230 e. The summed E-state index contributed by atoms with van der Waals surface area (Å²) >= 11 is 1.42. The highest BCUT2D eigenvalue weighted by atomic mass is 32.1. The molecule has 0 bridgehead atoms. The van der Waals surface area contributed by atoms with Crippen LogP contribution in [0.25, 0.3) is 0 Å². The van der Waals surface area contributed by atoms with E-state index in [9.17, 15) is 4.79 Å². The van der Waals surface area contributed by atoms with Crippen molar-refractivity contribution < 1.29 is 4.79 Å².